The molecule has 1 saturated heterocycles. The van der Waals surface area contributed by atoms with Gasteiger partial charge in [0, 0.05) is 36.7 Å². The number of carbonyl (C=O) groups excluding carboxylic acids is 1. The molecule has 1 amide bonds. The van der Waals surface area contributed by atoms with E-state index in [-0.39, 0.29) is 17.9 Å². The van der Waals surface area contributed by atoms with Gasteiger partial charge in [-0.3, -0.25) is 4.79 Å². The molecule has 2 heterocycles. The fraction of sp³-hybridized carbons (Fsp3) is 0.304. The number of rotatable bonds is 4. The standard InChI is InChI=1S/C23H25N3O2/c1-16-9-11-17(12-10-16)19-14-26(15-21(19)25(2)3)23(27)20-13-22(28-24-20)18-7-5-4-6-8-18/h4-13,19,21H,14-15H2,1-3H3/t19-,21+/m0/s1. The smallest absolute Gasteiger partial charge is 0.276 e. The van der Waals surface area contributed by atoms with E-state index in [0.29, 0.717) is 24.5 Å². The lowest BCUT2D eigenvalue weighted by atomic mass is 9.93. The van der Waals surface area contributed by atoms with Crippen molar-refractivity contribution in [1.29, 1.82) is 0 Å². The van der Waals surface area contributed by atoms with Gasteiger partial charge in [-0.25, -0.2) is 0 Å². The molecule has 5 heteroatoms. The summed E-state index contributed by atoms with van der Waals surface area (Å²) in [6.07, 6.45) is 0. The van der Waals surface area contributed by atoms with Crippen molar-refractivity contribution in [2.24, 2.45) is 0 Å². The predicted octanol–water partition coefficient (Wildman–Crippen LogP) is 3.82. The third-order valence-corrected chi connectivity index (χ3v) is 5.53. The predicted molar refractivity (Wildman–Crippen MR) is 109 cm³/mol. The van der Waals surface area contributed by atoms with Gasteiger partial charge in [0.2, 0.25) is 0 Å². The van der Waals surface area contributed by atoms with E-state index >= 15 is 0 Å². The van der Waals surface area contributed by atoms with Crippen LogP contribution in [-0.4, -0.2) is 54.1 Å². The second-order valence-corrected chi connectivity index (χ2v) is 7.70. The second-order valence-electron chi connectivity index (χ2n) is 7.70. The maximum Gasteiger partial charge on any atom is 0.276 e. The third kappa shape index (κ3) is 3.58. The molecular formula is C23H25N3O2. The molecule has 2 aromatic carbocycles. The van der Waals surface area contributed by atoms with E-state index in [1.807, 2.05) is 35.2 Å². The summed E-state index contributed by atoms with van der Waals surface area (Å²) in [5.41, 5.74) is 3.79. The molecule has 1 aromatic heterocycles. The average Bonchev–Trinajstić information content (AvgIpc) is 3.37. The molecule has 2 atom stereocenters. The van der Waals surface area contributed by atoms with Crippen LogP contribution in [0.3, 0.4) is 0 Å². The summed E-state index contributed by atoms with van der Waals surface area (Å²) >= 11 is 0. The first-order valence-corrected chi connectivity index (χ1v) is 9.57. The Morgan fingerprint density at radius 3 is 2.46 bits per heavy atom. The summed E-state index contributed by atoms with van der Waals surface area (Å²) in [4.78, 5) is 17.2. The van der Waals surface area contributed by atoms with Gasteiger partial charge in [0.05, 0.1) is 0 Å². The minimum absolute atomic E-state index is 0.0765. The molecule has 4 rings (SSSR count). The molecule has 0 unspecified atom stereocenters. The molecule has 0 bridgehead atoms. The van der Waals surface area contributed by atoms with Gasteiger partial charge < -0.3 is 14.3 Å². The fourth-order valence-electron chi connectivity index (χ4n) is 3.89. The topological polar surface area (TPSA) is 49.6 Å². The first-order chi connectivity index (χ1) is 13.5. The molecule has 0 radical (unpaired) electrons. The summed E-state index contributed by atoms with van der Waals surface area (Å²) in [5.74, 6) is 0.815. The van der Waals surface area contributed by atoms with Crippen LogP contribution in [0.5, 0.6) is 0 Å². The van der Waals surface area contributed by atoms with Gasteiger partial charge in [-0.15, -0.1) is 0 Å². The zero-order chi connectivity index (χ0) is 19.7. The van der Waals surface area contributed by atoms with Gasteiger partial charge in [-0.2, -0.15) is 0 Å². The Hall–Kier alpha value is -2.92. The number of hydrogen-bond acceptors (Lipinski definition) is 4. The average molecular weight is 375 g/mol. The monoisotopic (exact) mass is 375 g/mol. The van der Waals surface area contributed by atoms with Gasteiger partial charge in [0.15, 0.2) is 11.5 Å². The number of aromatic nitrogens is 1. The van der Waals surface area contributed by atoms with Crippen LogP contribution in [0.4, 0.5) is 0 Å². The molecule has 0 spiro atoms. The molecular weight excluding hydrogens is 350 g/mol. The van der Waals surface area contributed by atoms with Crippen molar-refractivity contribution in [2.75, 3.05) is 27.2 Å². The normalized spacial score (nSPS) is 19.4. The number of likely N-dealkylation sites (tertiary alicyclic amines) is 1. The van der Waals surface area contributed by atoms with Gasteiger partial charge in [0.1, 0.15) is 0 Å². The molecule has 1 fully saturated rings. The summed E-state index contributed by atoms with van der Waals surface area (Å²) < 4.78 is 5.42. The summed E-state index contributed by atoms with van der Waals surface area (Å²) in [5, 5.41) is 4.04. The first kappa shape index (κ1) is 18.4. The number of nitrogens with zero attached hydrogens (tertiary/aromatic N) is 3. The van der Waals surface area contributed by atoms with Gasteiger partial charge in [-0.05, 0) is 26.6 Å². The molecule has 144 valence electrons. The lowest BCUT2D eigenvalue weighted by Gasteiger charge is -2.25. The van der Waals surface area contributed by atoms with Crippen LogP contribution in [-0.2, 0) is 0 Å². The van der Waals surface area contributed by atoms with Gasteiger partial charge in [0.25, 0.3) is 5.91 Å². The highest BCUT2D eigenvalue weighted by molar-refractivity contribution is 5.93. The van der Waals surface area contributed by atoms with Crippen LogP contribution < -0.4 is 0 Å². The maximum atomic E-state index is 13.1. The Labute approximate surface area is 165 Å². The first-order valence-electron chi connectivity index (χ1n) is 9.57. The number of carbonyl (C=O) groups is 1. The summed E-state index contributed by atoms with van der Waals surface area (Å²) in [6, 6.07) is 20.3. The Morgan fingerprint density at radius 1 is 1.07 bits per heavy atom. The molecule has 1 aliphatic heterocycles. The van der Waals surface area contributed by atoms with E-state index < -0.39 is 0 Å². The van der Waals surface area contributed by atoms with Crippen LogP contribution in [0.1, 0.15) is 27.5 Å². The highest BCUT2D eigenvalue weighted by Gasteiger charge is 2.38. The zero-order valence-electron chi connectivity index (χ0n) is 16.5. The second kappa shape index (κ2) is 7.60. The third-order valence-electron chi connectivity index (χ3n) is 5.53. The van der Waals surface area contributed by atoms with Crippen molar-refractivity contribution < 1.29 is 9.32 Å². The van der Waals surface area contributed by atoms with Gasteiger partial charge >= 0.3 is 0 Å². The molecule has 5 nitrogen and oxygen atoms in total. The van der Waals surface area contributed by atoms with Crippen molar-refractivity contribution >= 4 is 5.91 Å². The molecule has 3 aromatic rings. The van der Waals surface area contributed by atoms with Crippen molar-refractivity contribution in [3.63, 3.8) is 0 Å². The number of hydrogen-bond donors (Lipinski definition) is 0. The number of likely N-dealkylation sites (N-methyl/N-ethyl adjacent to an activating group) is 1. The van der Waals surface area contributed by atoms with E-state index in [1.54, 1.807) is 6.07 Å². The Morgan fingerprint density at radius 2 is 1.79 bits per heavy atom. The fourth-order valence-corrected chi connectivity index (χ4v) is 3.89. The Bertz CT molecular complexity index is 947. The van der Waals surface area contributed by atoms with Crippen LogP contribution in [0.2, 0.25) is 0 Å². The van der Waals surface area contributed by atoms with E-state index in [4.69, 9.17) is 4.52 Å². The molecule has 1 aliphatic rings. The lowest BCUT2D eigenvalue weighted by Crippen LogP contribution is -2.35. The Balaban J connectivity index is 1.55. The van der Waals surface area contributed by atoms with E-state index in [0.717, 1.165) is 5.56 Å². The van der Waals surface area contributed by atoms with E-state index in [2.05, 4.69) is 55.3 Å². The SMILES string of the molecule is Cc1ccc([C@@H]2CN(C(=O)c3cc(-c4ccccc4)on3)C[C@H]2N(C)C)cc1. The van der Waals surface area contributed by atoms with E-state index in [9.17, 15) is 4.79 Å². The number of aryl methyl sites for hydroxylation is 1. The highest BCUT2D eigenvalue weighted by Crippen LogP contribution is 2.31. The van der Waals surface area contributed by atoms with Crippen molar-refractivity contribution in [3.8, 4) is 11.3 Å². The van der Waals surface area contributed by atoms with Crippen molar-refractivity contribution in [3.05, 3.63) is 77.5 Å². The largest absolute Gasteiger partial charge is 0.355 e. The zero-order valence-corrected chi connectivity index (χ0v) is 16.5. The van der Waals surface area contributed by atoms with Crippen LogP contribution >= 0.6 is 0 Å². The number of amides is 1. The molecule has 28 heavy (non-hydrogen) atoms. The summed E-state index contributed by atoms with van der Waals surface area (Å²) in [6.45, 7) is 3.45. The highest BCUT2D eigenvalue weighted by atomic mass is 16.5. The molecule has 0 saturated carbocycles. The summed E-state index contributed by atoms with van der Waals surface area (Å²) in [7, 11) is 4.15. The molecule has 0 N–H and O–H groups in total. The number of benzene rings is 2. The van der Waals surface area contributed by atoms with Crippen molar-refractivity contribution in [1.82, 2.24) is 15.0 Å². The van der Waals surface area contributed by atoms with E-state index in [1.165, 1.54) is 11.1 Å². The van der Waals surface area contributed by atoms with Crippen LogP contribution in [0.15, 0.2) is 65.2 Å². The Kier molecular flexibility index (Phi) is 5.01. The quantitative estimate of drug-likeness (QED) is 0.696. The van der Waals surface area contributed by atoms with Gasteiger partial charge in [-0.1, -0.05) is 65.3 Å². The molecule has 0 aliphatic carbocycles. The van der Waals surface area contributed by atoms with Crippen LogP contribution in [0, 0.1) is 6.92 Å². The minimum Gasteiger partial charge on any atom is -0.355 e. The minimum atomic E-state index is -0.0765. The lowest BCUT2D eigenvalue weighted by molar-refractivity contribution is 0.0772. The van der Waals surface area contributed by atoms with Crippen molar-refractivity contribution in [2.45, 2.75) is 18.9 Å². The maximum absolute atomic E-state index is 13.1. The van der Waals surface area contributed by atoms with Crippen LogP contribution in [0.25, 0.3) is 11.3 Å².